The number of rotatable bonds is 2. The summed E-state index contributed by atoms with van der Waals surface area (Å²) in [5.74, 6) is -3.19. The van der Waals surface area contributed by atoms with Gasteiger partial charge in [0.15, 0.2) is 5.78 Å². The third-order valence-corrected chi connectivity index (χ3v) is 1.63. The molecule has 0 aromatic carbocycles. The monoisotopic (exact) mass is 165 g/mol. The van der Waals surface area contributed by atoms with Crippen LogP contribution < -0.4 is 0 Å². The Morgan fingerprint density at radius 2 is 2.08 bits per heavy atom. The molecule has 0 aromatic heterocycles. The largest absolute Gasteiger partial charge is 0.300 e. The van der Waals surface area contributed by atoms with Crippen LogP contribution in [0.3, 0.4) is 0 Å². The fraction of sp³-hybridized carbons (Fsp3) is 0.250. The summed E-state index contributed by atoms with van der Waals surface area (Å²) in [7, 11) is 0. The van der Waals surface area contributed by atoms with E-state index in [1.165, 1.54) is 12.2 Å². The number of nitrogens with one attached hydrogen (secondary N) is 1. The predicted octanol–water partition coefficient (Wildman–Crippen LogP) is -0.0806. The van der Waals surface area contributed by atoms with E-state index in [-0.39, 0.29) is 5.71 Å². The molecule has 1 rings (SSSR count). The molecule has 0 aliphatic heterocycles. The Morgan fingerprint density at radius 1 is 1.50 bits per heavy atom. The van der Waals surface area contributed by atoms with E-state index >= 15 is 0 Å². The predicted molar refractivity (Wildman–Crippen MR) is 41.1 cm³/mol. The van der Waals surface area contributed by atoms with Gasteiger partial charge < -0.3 is 0 Å². The fourth-order valence-corrected chi connectivity index (χ4v) is 0.980. The van der Waals surface area contributed by atoms with Gasteiger partial charge in [0.1, 0.15) is 11.6 Å². The Hall–Kier alpha value is -1.58. The van der Waals surface area contributed by atoms with Gasteiger partial charge in [-0.25, -0.2) is 0 Å². The third kappa shape index (κ3) is 1.01. The first-order chi connectivity index (χ1) is 5.59. The van der Waals surface area contributed by atoms with Crippen LogP contribution >= 0.6 is 0 Å². The van der Waals surface area contributed by atoms with E-state index in [2.05, 4.69) is 0 Å². The second-order valence-corrected chi connectivity index (χ2v) is 2.44. The normalized spacial score (nSPS) is 23.1. The van der Waals surface area contributed by atoms with Crippen LogP contribution in [0.25, 0.3) is 0 Å². The van der Waals surface area contributed by atoms with Crippen LogP contribution in [-0.2, 0) is 14.4 Å². The molecule has 0 spiro atoms. The van der Waals surface area contributed by atoms with E-state index in [1.54, 1.807) is 6.92 Å². The molecule has 0 amide bonds. The minimum atomic E-state index is -1.12. The summed E-state index contributed by atoms with van der Waals surface area (Å²) in [6.45, 7) is 1.63. The molecule has 1 saturated carbocycles. The molecule has 0 heterocycles. The Labute approximate surface area is 68.8 Å². The maximum atomic E-state index is 11.0. The van der Waals surface area contributed by atoms with E-state index in [4.69, 9.17) is 5.41 Å². The maximum absolute atomic E-state index is 11.0. The molecule has 0 radical (unpaired) electrons. The van der Waals surface area contributed by atoms with Crippen molar-refractivity contribution >= 4 is 23.1 Å². The molecule has 4 heteroatoms. The van der Waals surface area contributed by atoms with Gasteiger partial charge in [-0.2, -0.15) is 0 Å². The lowest BCUT2D eigenvalue weighted by Crippen LogP contribution is -2.52. The first kappa shape index (κ1) is 8.52. The molecule has 0 saturated heterocycles. The number of hydrogen-bond acceptors (Lipinski definition) is 4. The summed E-state index contributed by atoms with van der Waals surface area (Å²) in [6, 6.07) is 0. The molecule has 1 N–H and O–H groups in total. The summed E-state index contributed by atoms with van der Waals surface area (Å²) in [4.78, 5) is 32.3. The van der Waals surface area contributed by atoms with Crippen molar-refractivity contribution in [3.8, 4) is 0 Å². The van der Waals surface area contributed by atoms with Gasteiger partial charge >= 0.3 is 0 Å². The molecule has 1 aliphatic carbocycles. The lowest BCUT2D eigenvalue weighted by molar-refractivity contribution is -0.140. The second-order valence-electron chi connectivity index (χ2n) is 2.44. The molecule has 62 valence electrons. The van der Waals surface area contributed by atoms with Gasteiger partial charge in [0.2, 0.25) is 11.6 Å². The topological polar surface area (TPSA) is 75.1 Å². The average Bonchev–Trinajstić information content (AvgIpc) is 2.05. The highest BCUT2D eigenvalue weighted by molar-refractivity contribution is 6.80. The highest BCUT2D eigenvalue weighted by Gasteiger charge is 2.47. The van der Waals surface area contributed by atoms with Crippen molar-refractivity contribution in [1.29, 1.82) is 5.41 Å². The number of hydrogen-bond donors (Lipinski definition) is 1. The molecule has 12 heavy (non-hydrogen) atoms. The van der Waals surface area contributed by atoms with Crippen molar-refractivity contribution in [2.75, 3.05) is 0 Å². The van der Waals surface area contributed by atoms with E-state index in [1.807, 2.05) is 0 Å². The standard InChI is InChI=1S/C8H7NO3/c1-2-3-4(10)5-6(9)8(12)7(5)11/h2-3,5,9H,1H3/b3-2+,9-6?/t5-/m1/s1. The number of carbonyl (C=O) groups excluding carboxylic acids is 3. The third-order valence-electron chi connectivity index (χ3n) is 1.63. The van der Waals surface area contributed by atoms with Gasteiger partial charge in [-0.1, -0.05) is 6.08 Å². The van der Waals surface area contributed by atoms with Gasteiger partial charge in [-0.15, -0.1) is 0 Å². The second kappa shape index (κ2) is 2.81. The van der Waals surface area contributed by atoms with Crippen LogP contribution in [0, 0.1) is 11.3 Å². The van der Waals surface area contributed by atoms with Crippen molar-refractivity contribution in [2.24, 2.45) is 5.92 Å². The van der Waals surface area contributed by atoms with Crippen molar-refractivity contribution in [3.05, 3.63) is 12.2 Å². The lowest BCUT2D eigenvalue weighted by Gasteiger charge is -2.20. The minimum absolute atomic E-state index is 0.386. The molecule has 0 aromatic rings. The molecule has 0 unspecified atom stereocenters. The van der Waals surface area contributed by atoms with Crippen LogP contribution in [0.5, 0.6) is 0 Å². The SMILES string of the molecule is C/C=C/C(=O)[C@@H]1C(=N)C(=O)C1=O. The van der Waals surface area contributed by atoms with Crippen LogP contribution in [0.2, 0.25) is 0 Å². The van der Waals surface area contributed by atoms with Crippen molar-refractivity contribution in [2.45, 2.75) is 6.92 Å². The van der Waals surface area contributed by atoms with Gasteiger partial charge in [0.05, 0.1) is 0 Å². The Bertz CT molecular complexity index is 296. The van der Waals surface area contributed by atoms with Crippen molar-refractivity contribution < 1.29 is 14.4 Å². The van der Waals surface area contributed by atoms with Crippen LogP contribution in [0.4, 0.5) is 0 Å². The van der Waals surface area contributed by atoms with Crippen molar-refractivity contribution in [3.63, 3.8) is 0 Å². The van der Waals surface area contributed by atoms with Crippen molar-refractivity contribution in [1.82, 2.24) is 0 Å². The van der Waals surface area contributed by atoms with Crippen LogP contribution in [0.15, 0.2) is 12.2 Å². The highest BCUT2D eigenvalue weighted by atomic mass is 16.2. The van der Waals surface area contributed by atoms with Crippen LogP contribution in [-0.4, -0.2) is 23.1 Å². The van der Waals surface area contributed by atoms with E-state index in [9.17, 15) is 14.4 Å². The first-order valence-electron chi connectivity index (χ1n) is 3.43. The number of ketones is 3. The first-order valence-corrected chi connectivity index (χ1v) is 3.43. The number of allylic oxidation sites excluding steroid dienone is 2. The number of carbonyl (C=O) groups is 3. The Kier molecular flexibility index (Phi) is 1.99. The summed E-state index contributed by atoms with van der Waals surface area (Å²) in [5.41, 5.74) is -0.386. The molecule has 4 nitrogen and oxygen atoms in total. The lowest BCUT2D eigenvalue weighted by atomic mass is 9.77. The van der Waals surface area contributed by atoms with E-state index < -0.39 is 23.3 Å². The van der Waals surface area contributed by atoms with E-state index in [0.29, 0.717) is 0 Å². The quantitative estimate of drug-likeness (QED) is 0.353. The smallest absolute Gasteiger partial charge is 0.244 e. The molecular weight excluding hydrogens is 158 g/mol. The van der Waals surface area contributed by atoms with Gasteiger partial charge in [-0.05, 0) is 13.0 Å². The average molecular weight is 165 g/mol. The fourth-order valence-electron chi connectivity index (χ4n) is 0.980. The summed E-state index contributed by atoms with van der Waals surface area (Å²) >= 11 is 0. The maximum Gasteiger partial charge on any atom is 0.244 e. The molecular formula is C8H7NO3. The van der Waals surface area contributed by atoms with Gasteiger partial charge in [0.25, 0.3) is 0 Å². The summed E-state index contributed by atoms with van der Waals surface area (Å²) < 4.78 is 0. The molecule has 1 aliphatic rings. The summed E-state index contributed by atoms with van der Waals surface area (Å²) in [5, 5.41) is 7.01. The zero-order valence-corrected chi connectivity index (χ0v) is 6.46. The van der Waals surface area contributed by atoms with Gasteiger partial charge in [-0.3, -0.25) is 19.8 Å². The van der Waals surface area contributed by atoms with Crippen LogP contribution in [0.1, 0.15) is 6.92 Å². The minimum Gasteiger partial charge on any atom is -0.300 e. The van der Waals surface area contributed by atoms with Gasteiger partial charge in [0, 0.05) is 0 Å². The molecule has 0 bridgehead atoms. The molecule has 1 atom stereocenters. The Morgan fingerprint density at radius 3 is 2.50 bits per heavy atom. The Balaban J connectivity index is 2.80. The van der Waals surface area contributed by atoms with E-state index in [0.717, 1.165) is 0 Å². The number of Topliss-reactive ketones (excluding diaryl/α,β-unsaturated/α-hetero) is 2. The molecule has 1 fully saturated rings. The summed E-state index contributed by atoms with van der Waals surface area (Å²) in [6.07, 6.45) is 2.68. The zero-order chi connectivity index (χ0) is 9.30. The highest BCUT2D eigenvalue weighted by Crippen LogP contribution is 2.16. The zero-order valence-electron chi connectivity index (χ0n) is 6.46.